The third-order valence-electron chi connectivity index (χ3n) is 2.98. The Labute approximate surface area is 126 Å². The van der Waals surface area contributed by atoms with E-state index in [0.29, 0.717) is 0 Å². The highest BCUT2D eigenvalue weighted by atomic mass is 16.4. The predicted molar refractivity (Wildman–Crippen MR) is 84.8 cm³/mol. The number of rotatable bonds is 12. The summed E-state index contributed by atoms with van der Waals surface area (Å²) in [6.45, 7) is 2.24. The van der Waals surface area contributed by atoms with Crippen molar-refractivity contribution in [2.24, 2.45) is 0 Å². The molecule has 0 aliphatic heterocycles. The molecule has 0 aromatic heterocycles. The minimum absolute atomic E-state index is 0.233. The van der Waals surface area contributed by atoms with Gasteiger partial charge in [-0.25, -0.2) is 0 Å². The molecule has 0 heterocycles. The molecule has 122 valence electrons. The van der Waals surface area contributed by atoms with Crippen LogP contribution >= 0.6 is 0 Å². The Kier molecular flexibility index (Phi) is 20.0. The molecule has 0 amide bonds. The van der Waals surface area contributed by atoms with E-state index in [4.69, 9.17) is 0 Å². The molecule has 0 radical (unpaired) electrons. The van der Waals surface area contributed by atoms with Gasteiger partial charge in [0.25, 0.3) is 0 Å². The third-order valence-corrected chi connectivity index (χ3v) is 2.98. The first-order valence-corrected chi connectivity index (χ1v) is 8.47. The largest absolute Gasteiger partial charge is 0.550 e. The highest BCUT2D eigenvalue weighted by Crippen LogP contribution is 2.11. The minimum Gasteiger partial charge on any atom is -0.550 e. The van der Waals surface area contributed by atoms with E-state index in [1.807, 2.05) is 0 Å². The molecule has 0 spiro atoms. The van der Waals surface area contributed by atoms with Gasteiger partial charge in [-0.3, -0.25) is 0 Å². The van der Waals surface area contributed by atoms with Crippen LogP contribution < -0.4 is 10.0 Å². The molecule has 0 fully saturated rings. The number of carbonyl (C=O) groups excluding carboxylic acids is 1. The van der Waals surface area contributed by atoms with E-state index in [2.05, 4.69) is 28.1 Å². The lowest BCUT2D eigenvalue weighted by molar-refractivity contribution is -0.836. The second-order valence-corrected chi connectivity index (χ2v) is 6.16. The molecule has 1 N–H and O–H groups in total. The van der Waals surface area contributed by atoms with Gasteiger partial charge in [0.05, 0.1) is 21.1 Å². The highest BCUT2D eigenvalue weighted by Gasteiger charge is 1.93. The fraction of sp³-hybridized carbons (Fsp3) is 0.941. The van der Waals surface area contributed by atoms with Crippen molar-refractivity contribution in [3.05, 3.63) is 0 Å². The molecule has 0 saturated carbocycles. The molecule has 0 atom stereocenters. The number of hydrogen-bond acceptors (Lipinski definition) is 2. The van der Waals surface area contributed by atoms with Crippen LogP contribution in [0.3, 0.4) is 0 Å². The first-order valence-electron chi connectivity index (χ1n) is 8.47. The van der Waals surface area contributed by atoms with Crippen LogP contribution in [0.1, 0.15) is 84.0 Å². The van der Waals surface area contributed by atoms with Crippen molar-refractivity contribution in [3.63, 3.8) is 0 Å². The zero-order valence-electron chi connectivity index (χ0n) is 14.3. The van der Waals surface area contributed by atoms with E-state index in [1.54, 1.807) is 0 Å². The standard InChI is InChI=1S/C14H28O2.C3H9N/c1-2-3-4-5-6-7-8-9-10-11-12-13-14(15)16;1-4(2)3/h2-13H2,1H3,(H,15,16);1-3H3. The molecule has 0 aromatic rings. The van der Waals surface area contributed by atoms with Gasteiger partial charge in [0, 0.05) is 5.97 Å². The van der Waals surface area contributed by atoms with Crippen LogP contribution in [0.5, 0.6) is 0 Å². The van der Waals surface area contributed by atoms with Gasteiger partial charge < -0.3 is 14.8 Å². The minimum atomic E-state index is -0.907. The topological polar surface area (TPSA) is 44.6 Å². The predicted octanol–water partition coefficient (Wildman–Crippen LogP) is 2.20. The summed E-state index contributed by atoms with van der Waals surface area (Å²) in [5, 5.41) is 10.1. The lowest BCUT2D eigenvalue weighted by Gasteiger charge is -2.03. The smallest absolute Gasteiger partial charge is 0.0661 e. The quantitative estimate of drug-likeness (QED) is 0.559. The van der Waals surface area contributed by atoms with E-state index in [9.17, 15) is 9.90 Å². The molecule has 3 heteroatoms. The number of aliphatic carboxylic acids is 1. The molecule has 0 unspecified atom stereocenters. The molecule has 0 rings (SSSR count). The summed E-state index contributed by atoms with van der Waals surface area (Å²) in [4.78, 5) is 11.6. The van der Waals surface area contributed by atoms with E-state index < -0.39 is 5.97 Å². The summed E-state index contributed by atoms with van der Waals surface area (Å²) in [6.07, 6.45) is 14.0. The van der Waals surface area contributed by atoms with Gasteiger partial charge in [-0.15, -0.1) is 0 Å². The van der Waals surface area contributed by atoms with Crippen LogP contribution in [0, 0.1) is 0 Å². The summed E-state index contributed by atoms with van der Waals surface area (Å²) >= 11 is 0. The van der Waals surface area contributed by atoms with E-state index >= 15 is 0 Å². The SMILES string of the molecule is CCCCCCCCCCCCCC(=O)[O-].C[NH+](C)C. The first kappa shape index (κ1) is 21.7. The molecule has 0 saturated heterocycles. The number of quaternary nitrogens is 1. The van der Waals surface area contributed by atoms with Crippen molar-refractivity contribution < 1.29 is 14.8 Å². The fourth-order valence-corrected chi connectivity index (χ4v) is 1.93. The van der Waals surface area contributed by atoms with Crippen LogP contribution in [0.2, 0.25) is 0 Å². The summed E-state index contributed by atoms with van der Waals surface area (Å²) < 4.78 is 0. The number of carboxylic acids is 1. The van der Waals surface area contributed by atoms with Gasteiger partial charge in [0.2, 0.25) is 0 Å². The second-order valence-electron chi connectivity index (χ2n) is 6.16. The summed E-state index contributed by atoms with van der Waals surface area (Å²) in [7, 11) is 6.25. The van der Waals surface area contributed by atoms with E-state index in [0.717, 1.165) is 12.8 Å². The Morgan fingerprint density at radius 2 is 1.05 bits per heavy atom. The van der Waals surface area contributed by atoms with Crippen molar-refractivity contribution in [2.75, 3.05) is 21.1 Å². The van der Waals surface area contributed by atoms with Gasteiger partial charge >= 0.3 is 0 Å². The normalized spacial score (nSPS) is 10.2. The summed E-state index contributed by atoms with van der Waals surface area (Å²) in [5.41, 5.74) is 0. The molecule has 0 aromatic carbocycles. The molecule has 3 nitrogen and oxygen atoms in total. The Morgan fingerprint density at radius 3 is 1.35 bits per heavy atom. The van der Waals surface area contributed by atoms with Crippen LogP contribution in [0.15, 0.2) is 0 Å². The van der Waals surface area contributed by atoms with Crippen molar-refractivity contribution in [1.82, 2.24) is 0 Å². The van der Waals surface area contributed by atoms with Crippen molar-refractivity contribution >= 4 is 5.97 Å². The van der Waals surface area contributed by atoms with E-state index in [1.165, 1.54) is 62.7 Å². The van der Waals surface area contributed by atoms with E-state index in [-0.39, 0.29) is 6.42 Å². The zero-order valence-corrected chi connectivity index (χ0v) is 14.3. The fourth-order valence-electron chi connectivity index (χ4n) is 1.93. The van der Waals surface area contributed by atoms with Gasteiger partial charge in [0.1, 0.15) is 0 Å². The van der Waals surface area contributed by atoms with Gasteiger partial charge in [-0.2, -0.15) is 0 Å². The molecule has 0 aliphatic carbocycles. The summed E-state index contributed by atoms with van der Waals surface area (Å²) in [5.74, 6) is -0.907. The van der Waals surface area contributed by atoms with Gasteiger partial charge in [0.15, 0.2) is 0 Å². The maximum absolute atomic E-state index is 10.1. The first-order chi connectivity index (χ1) is 9.50. The maximum Gasteiger partial charge on any atom is 0.0661 e. The zero-order chi connectivity index (χ0) is 15.6. The third kappa shape index (κ3) is 30.5. The average molecular weight is 287 g/mol. The second kappa shape index (κ2) is 18.4. The maximum atomic E-state index is 10.1. The van der Waals surface area contributed by atoms with Crippen LogP contribution in [0.4, 0.5) is 0 Å². The number of carboxylic acid groups (broad SMARTS) is 1. The Hall–Kier alpha value is -0.570. The number of nitrogens with one attached hydrogen (secondary N) is 1. The highest BCUT2D eigenvalue weighted by molar-refractivity contribution is 5.63. The molecule has 0 aliphatic rings. The van der Waals surface area contributed by atoms with Gasteiger partial charge in [-0.1, -0.05) is 71.1 Å². The van der Waals surface area contributed by atoms with Crippen molar-refractivity contribution in [2.45, 2.75) is 84.0 Å². The number of hydrogen-bond donors (Lipinski definition) is 1. The molecular formula is C17H37NO2. The Bertz CT molecular complexity index is 191. The van der Waals surface area contributed by atoms with Gasteiger partial charge in [-0.05, 0) is 12.8 Å². The lowest BCUT2D eigenvalue weighted by Crippen LogP contribution is -3.02. The van der Waals surface area contributed by atoms with Crippen LogP contribution in [-0.4, -0.2) is 27.1 Å². The Balaban J connectivity index is 0. The summed E-state index contributed by atoms with van der Waals surface area (Å²) in [6, 6.07) is 0. The monoisotopic (exact) mass is 287 g/mol. The Morgan fingerprint density at radius 1 is 0.750 bits per heavy atom. The molecule has 0 bridgehead atoms. The molecule has 20 heavy (non-hydrogen) atoms. The lowest BCUT2D eigenvalue weighted by atomic mass is 10.1. The van der Waals surface area contributed by atoms with Crippen molar-refractivity contribution in [3.8, 4) is 0 Å². The number of carbonyl (C=O) groups is 1. The average Bonchev–Trinajstić information content (AvgIpc) is 2.35. The van der Waals surface area contributed by atoms with Crippen LogP contribution in [-0.2, 0) is 4.79 Å². The van der Waals surface area contributed by atoms with Crippen molar-refractivity contribution in [1.29, 1.82) is 0 Å². The molecular weight excluding hydrogens is 250 g/mol. The number of unbranched alkanes of at least 4 members (excludes halogenated alkanes) is 10. The van der Waals surface area contributed by atoms with Crippen LogP contribution in [0.25, 0.3) is 0 Å².